The van der Waals surface area contributed by atoms with Crippen LogP contribution in [-0.4, -0.2) is 32.0 Å². The van der Waals surface area contributed by atoms with Crippen LogP contribution in [0.5, 0.6) is 5.75 Å². The van der Waals surface area contributed by atoms with Crippen molar-refractivity contribution in [2.75, 3.05) is 0 Å². The van der Waals surface area contributed by atoms with Gasteiger partial charge in [0, 0.05) is 11.8 Å². The van der Waals surface area contributed by atoms with Gasteiger partial charge in [0.2, 0.25) is 0 Å². The number of hydrogen-bond donors (Lipinski definition) is 1. The molecule has 0 bridgehead atoms. The fourth-order valence-electron chi connectivity index (χ4n) is 3.34. The first-order chi connectivity index (χ1) is 14.7. The molecule has 0 aliphatic carbocycles. The quantitative estimate of drug-likeness (QED) is 0.472. The number of aromatic nitrogens is 3. The first kappa shape index (κ1) is 20.4. The molecule has 0 radical (unpaired) electrons. The van der Waals surface area contributed by atoms with Crippen molar-refractivity contribution in [3.05, 3.63) is 71.9 Å². The first-order valence-corrected chi connectivity index (χ1v) is 9.32. The van der Waals surface area contributed by atoms with Crippen LogP contribution in [0, 0.1) is 0 Å². The molecular formula is C22H16F3N3O3. The number of alkyl halides is 3. The second kappa shape index (κ2) is 7.75. The van der Waals surface area contributed by atoms with Gasteiger partial charge in [-0.15, -0.1) is 23.4 Å². The summed E-state index contributed by atoms with van der Waals surface area (Å²) in [5.74, 6) is -0.761. The van der Waals surface area contributed by atoms with Crippen molar-refractivity contribution in [1.82, 2.24) is 14.6 Å². The standard InChI is InChI=1S/C22H16F3N3O3/c1-2-13-11-15(5-9-18(13)21(29)30)20-27-26-19-10-6-16(12-28(19)20)14-3-7-17(8-4-14)31-22(23,24)25/h3-12H,2H2,1H3,(H,29,30). The second-order valence-corrected chi connectivity index (χ2v) is 6.77. The highest BCUT2D eigenvalue weighted by Gasteiger charge is 2.31. The lowest BCUT2D eigenvalue weighted by Gasteiger charge is -2.10. The number of halogens is 3. The van der Waals surface area contributed by atoms with Gasteiger partial charge in [0.1, 0.15) is 5.75 Å². The van der Waals surface area contributed by atoms with E-state index >= 15 is 0 Å². The molecule has 0 atom stereocenters. The molecule has 0 saturated carbocycles. The largest absolute Gasteiger partial charge is 0.573 e. The Kier molecular flexibility index (Phi) is 5.10. The lowest BCUT2D eigenvalue weighted by molar-refractivity contribution is -0.274. The zero-order chi connectivity index (χ0) is 22.2. The summed E-state index contributed by atoms with van der Waals surface area (Å²) in [7, 11) is 0. The van der Waals surface area contributed by atoms with E-state index in [4.69, 9.17) is 0 Å². The van der Waals surface area contributed by atoms with Crippen LogP contribution in [0.1, 0.15) is 22.8 Å². The van der Waals surface area contributed by atoms with E-state index in [2.05, 4.69) is 14.9 Å². The van der Waals surface area contributed by atoms with Crippen molar-refractivity contribution in [3.63, 3.8) is 0 Å². The average molecular weight is 427 g/mol. The minimum Gasteiger partial charge on any atom is -0.478 e. The van der Waals surface area contributed by atoms with E-state index in [0.717, 1.165) is 5.56 Å². The minimum absolute atomic E-state index is 0.238. The van der Waals surface area contributed by atoms with Gasteiger partial charge < -0.3 is 9.84 Å². The van der Waals surface area contributed by atoms with Crippen LogP contribution in [0.25, 0.3) is 28.2 Å². The molecule has 2 aromatic carbocycles. The fourth-order valence-corrected chi connectivity index (χ4v) is 3.34. The van der Waals surface area contributed by atoms with E-state index in [1.54, 1.807) is 40.9 Å². The summed E-state index contributed by atoms with van der Waals surface area (Å²) in [6, 6.07) is 14.1. The van der Waals surface area contributed by atoms with Gasteiger partial charge >= 0.3 is 12.3 Å². The highest BCUT2D eigenvalue weighted by atomic mass is 19.4. The highest BCUT2D eigenvalue weighted by molar-refractivity contribution is 5.90. The molecule has 4 rings (SSSR count). The number of benzene rings is 2. The molecule has 0 aliphatic heterocycles. The number of pyridine rings is 1. The Balaban J connectivity index is 1.73. The summed E-state index contributed by atoms with van der Waals surface area (Å²) in [5.41, 5.74) is 3.63. The van der Waals surface area contributed by atoms with E-state index in [-0.39, 0.29) is 11.3 Å². The minimum atomic E-state index is -4.74. The third kappa shape index (κ3) is 4.20. The number of carboxylic acid groups (broad SMARTS) is 1. The Hall–Kier alpha value is -3.88. The first-order valence-electron chi connectivity index (χ1n) is 9.32. The maximum absolute atomic E-state index is 12.4. The lowest BCUT2D eigenvalue weighted by Crippen LogP contribution is -2.16. The predicted molar refractivity (Wildman–Crippen MR) is 107 cm³/mol. The van der Waals surface area contributed by atoms with E-state index in [1.165, 1.54) is 24.3 Å². The number of ether oxygens (including phenoxy) is 1. The number of aromatic carboxylic acids is 1. The molecule has 0 spiro atoms. The van der Waals surface area contributed by atoms with E-state index < -0.39 is 12.3 Å². The van der Waals surface area contributed by atoms with Crippen LogP contribution >= 0.6 is 0 Å². The SMILES string of the molecule is CCc1cc(-c2nnc3ccc(-c4ccc(OC(F)(F)F)cc4)cn23)ccc1C(=O)O. The van der Waals surface area contributed by atoms with E-state index in [9.17, 15) is 23.1 Å². The molecule has 2 aromatic heterocycles. The zero-order valence-electron chi connectivity index (χ0n) is 16.2. The predicted octanol–water partition coefficient (Wildman–Crippen LogP) is 5.22. The average Bonchev–Trinajstić information content (AvgIpc) is 3.16. The van der Waals surface area contributed by atoms with Crippen LogP contribution < -0.4 is 4.74 Å². The molecule has 0 amide bonds. The maximum Gasteiger partial charge on any atom is 0.573 e. The van der Waals surface area contributed by atoms with Gasteiger partial charge in [-0.05, 0) is 59.5 Å². The van der Waals surface area contributed by atoms with Crippen LogP contribution in [0.15, 0.2) is 60.8 Å². The van der Waals surface area contributed by atoms with Crippen molar-refractivity contribution in [2.24, 2.45) is 0 Å². The number of aryl methyl sites for hydroxylation is 1. The zero-order valence-corrected chi connectivity index (χ0v) is 16.2. The number of fused-ring (bicyclic) bond motifs is 1. The third-order valence-electron chi connectivity index (χ3n) is 4.80. The normalized spacial score (nSPS) is 11.6. The molecule has 2 heterocycles. The monoisotopic (exact) mass is 427 g/mol. The molecule has 158 valence electrons. The highest BCUT2D eigenvalue weighted by Crippen LogP contribution is 2.28. The van der Waals surface area contributed by atoms with Crippen molar-refractivity contribution in [2.45, 2.75) is 19.7 Å². The molecule has 1 N–H and O–H groups in total. The number of carbonyl (C=O) groups is 1. The molecule has 0 aliphatic rings. The van der Waals surface area contributed by atoms with Gasteiger partial charge in [0.15, 0.2) is 11.5 Å². The summed E-state index contributed by atoms with van der Waals surface area (Å²) in [5, 5.41) is 17.7. The summed E-state index contributed by atoms with van der Waals surface area (Å²) in [6.45, 7) is 1.87. The molecule has 4 aromatic rings. The van der Waals surface area contributed by atoms with Gasteiger partial charge in [-0.3, -0.25) is 4.40 Å². The van der Waals surface area contributed by atoms with Crippen LogP contribution in [0.2, 0.25) is 0 Å². The molecule has 0 saturated heterocycles. The second-order valence-electron chi connectivity index (χ2n) is 6.77. The lowest BCUT2D eigenvalue weighted by atomic mass is 10.0. The van der Waals surface area contributed by atoms with Crippen molar-refractivity contribution >= 4 is 11.6 Å². The van der Waals surface area contributed by atoms with E-state index in [0.29, 0.717) is 34.6 Å². The van der Waals surface area contributed by atoms with Crippen LogP contribution in [-0.2, 0) is 6.42 Å². The Labute approximate surface area is 174 Å². The summed E-state index contributed by atoms with van der Waals surface area (Å²) in [6.07, 6.45) is -2.42. The Morgan fingerprint density at radius 1 is 1.00 bits per heavy atom. The summed E-state index contributed by atoms with van der Waals surface area (Å²) in [4.78, 5) is 11.4. The number of carboxylic acids is 1. The van der Waals surface area contributed by atoms with Crippen molar-refractivity contribution in [3.8, 4) is 28.3 Å². The topological polar surface area (TPSA) is 76.7 Å². The fraction of sp³-hybridized carbons (Fsp3) is 0.136. The Bertz CT molecular complexity index is 1260. The molecule has 6 nitrogen and oxygen atoms in total. The van der Waals surface area contributed by atoms with Gasteiger partial charge in [-0.1, -0.05) is 25.1 Å². The van der Waals surface area contributed by atoms with E-state index in [1.807, 2.05) is 6.92 Å². The summed E-state index contributed by atoms with van der Waals surface area (Å²) < 4.78 is 42.7. The van der Waals surface area contributed by atoms with Crippen LogP contribution in [0.3, 0.4) is 0 Å². The van der Waals surface area contributed by atoms with Crippen molar-refractivity contribution < 1.29 is 27.8 Å². The molecule has 9 heteroatoms. The van der Waals surface area contributed by atoms with Crippen LogP contribution in [0.4, 0.5) is 13.2 Å². The van der Waals surface area contributed by atoms with Gasteiger partial charge in [-0.25, -0.2) is 4.79 Å². The number of hydrogen-bond acceptors (Lipinski definition) is 4. The van der Waals surface area contributed by atoms with Crippen molar-refractivity contribution in [1.29, 1.82) is 0 Å². The molecular weight excluding hydrogens is 411 g/mol. The molecule has 0 fully saturated rings. The molecule has 31 heavy (non-hydrogen) atoms. The van der Waals surface area contributed by atoms with Gasteiger partial charge in [0.25, 0.3) is 0 Å². The Morgan fingerprint density at radius 3 is 2.32 bits per heavy atom. The van der Waals surface area contributed by atoms with Gasteiger partial charge in [0.05, 0.1) is 5.56 Å². The number of nitrogens with zero attached hydrogens (tertiary/aromatic N) is 3. The maximum atomic E-state index is 12.4. The smallest absolute Gasteiger partial charge is 0.478 e. The summed E-state index contributed by atoms with van der Waals surface area (Å²) >= 11 is 0. The third-order valence-corrected chi connectivity index (χ3v) is 4.80. The Morgan fingerprint density at radius 2 is 1.68 bits per heavy atom. The molecule has 0 unspecified atom stereocenters. The van der Waals surface area contributed by atoms with Gasteiger partial charge in [-0.2, -0.15) is 0 Å². The number of rotatable bonds is 5.